The number of nitrogens with zero attached hydrogens (tertiary/aromatic N) is 1. The predicted molar refractivity (Wildman–Crippen MR) is 50.7 cm³/mol. The Bertz CT molecular complexity index is 152. The van der Waals surface area contributed by atoms with Crippen molar-refractivity contribution in [1.29, 1.82) is 0 Å². The maximum atomic E-state index is 12.0. The molecule has 1 aliphatic rings. The third kappa shape index (κ3) is 4.83. The summed E-state index contributed by atoms with van der Waals surface area (Å²) in [5, 5.41) is 3.29. The number of alkyl halides is 2. The van der Waals surface area contributed by atoms with Crippen LogP contribution in [0.25, 0.3) is 0 Å². The van der Waals surface area contributed by atoms with Crippen LogP contribution in [0, 0.1) is 0 Å². The van der Waals surface area contributed by atoms with Crippen LogP contribution in [0.15, 0.2) is 0 Å². The van der Waals surface area contributed by atoms with E-state index in [0.717, 1.165) is 19.6 Å². The van der Waals surface area contributed by atoms with Gasteiger partial charge in [0.25, 0.3) is 6.43 Å². The molecule has 0 aromatic rings. The lowest BCUT2D eigenvalue weighted by atomic mass is 10.2. The van der Waals surface area contributed by atoms with Crippen LogP contribution < -0.4 is 5.32 Å². The maximum Gasteiger partial charge on any atom is 0.251 e. The first-order valence-electron chi connectivity index (χ1n) is 4.96. The van der Waals surface area contributed by atoms with Gasteiger partial charge in [-0.3, -0.25) is 0 Å². The van der Waals surface area contributed by atoms with E-state index in [1.807, 2.05) is 0 Å². The summed E-state index contributed by atoms with van der Waals surface area (Å²) in [6, 6.07) is 0.323. The molecule has 1 fully saturated rings. The van der Waals surface area contributed by atoms with Gasteiger partial charge < -0.3 is 15.0 Å². The van der Waals surface area contributed by atoms with Gasteiger partial charge in [-0.2, -0.15) is 0 Å². The Morgan fingerprint density at radius 1 is 1.57 bits per heavy atom. The van der Waals surface area contributed by atoms with Crippen LogP contribution in [0.2, 0.25) is 0 Å². The fraction of sp³-hybridized carbons (Fsp3) is 1.00. The summed E-state index contributed by atoms with van der Waals surface area (Å²) in [6.45, 7) is 2.86. The lowest BCUT2D eigenvalue weighted by Gasteiger charge is -2.25. The average molecular weight is 208 g/mol. The van der Waals surface area contributed by atoms with Crippen molar-refractivity contribution in [3.8, 4) is 0 Å². The Morgan fingerprint density at radius 2 is 2.36 bits per heavy atom. The van der Waals surface area contributed by atoms with Crippen molar-refractivity contribution >= 4 is 0 Å². The van der Waals surface area contributed by atoms with E-state index in [9.17, 15) is 8.78 Å². The number of rotatable bonds is 5. The maximum absolute atomic E-state index is 12.0. The van der Waals surface area contributed by atoms with Gasteiger partial charge in [0.2, 0.25) is 0 Å². The van der Waals surface area contributed by atoms with Crippen molar-refractivity contribution in [2.24, 2.45) is 0 Å². The molecule has 84 valence electrons. The van der Waals surface area contributed by atoms with Crippen LogP contribution in [0.1, 0.15) is 6.42 Å². The topological polar surface area (TPSA) is 24.5 Å². The molecule has 1 heterocycles. The molecular weight excluding hydrogens is 190 g/mol. The molecule has 0 amide bonds. The number of nitrogens with one attached hydrogen (secondary N) is 1. The molecule has 1 N–H and O–H groups in total. The van der Waals surface area contributed by atoms with Crippen LogP contribution >= 0.6 is 0 Å². The molecule has 0 aromatic carbocycles. The lowest BCUT2D eigenvalue weighted by Crippen LogP contribution is -2.43. The second-order valence-corrected chi connectivity index (χ2v) is 3.67. The predicted octanol–water partition coefficient (Wildman–Crippen LogP) is 0.562. The molecule has 0 spiro atoms. The van der Waals surface area contributed by atoms with Crippen molar-refractivity contribution in [1.82, 2.24) is 10.2 Å². The van der Waals surface area contributed by atoms with Crippen LogP contribution in [-0.2, 0) is 4.74 Å². The van der Waals surface area contributed by atoms with E-state index in [2.05, 4.69) is 5.32 Å². The van der Waals surface area contributed by atoms with Crippen LogP contribution in [0.4, 0.5) is 8.78 Å². The van der Waals surface area contributed by atoms with Gasteiger partial charge in [0.1, 0.15) is 0 Å². The second-order valence-electron chi connectivity index (χ2n) is 3.67. The minimum absolute atomic E-state index is 0.145. The Labute approximate surface area is 83.4 Å². The molecule has 14 heavy (non-hydrogen) atoms. The van der Waals surface area contributed by atoms with E-state index in [0.29, 0.717) is 19.2 Å². The second kappa shape index (κ2) is 6.27. The largest absolute Gasteiger partial charge is 0.379 e. The van der Waals surface area contributed by atoms with Crippen LogP contribution in [0.5, 0.6) is 0 Å². The third-order valence-corrected chi connectivity index (χ3v) is 2.31. The first-order chi connectivity index (χ1) is 6.68. The highest BCUT2D eigenvalue weighted by Crippen LogP contribution is 2.01. The molecule has 1 atom stereocenters. The van der Waals surface area contributed by atoms with E-state index in [-0.39, 0.29) is 6.54 Å². The Hall–Kier alpha value is -0.260. The summed E-state index contributed by atoms with van der Waals surface area (Å²) in [5.74, 6) is 0. The first kappa shape index (κ1) is 11.8. The summed E-state index contributed by atoms with van der Waals surface area (Å²) in [5.41, 5.74) is 0. The van der Waals surface area contributed by atoms with Gasteiger partial charge in [-0.1, -0.05) is 0 Å². The molecule has 1 rings (SSSR count). The van der Waals surface area contributed by atoms with Gasteiger partial charge in [-0.25, -0.2) is 8.78 Å². The Morgan fingerprint density at radius 3 is 2.93 bits per heavy atom. The van der Waals surface area contributed by atoms with Crippen molar-refractivity contribution in [2.75, 3.05) is 39.9 Å². The van der Waals surface area contributed by atoms with E-state index < -0.39 is 6.43 Å². The smallest absolute Gasteiger partial charge is 0.251 e. The first-order valence-corrected chi connectivity index (χ1v) is 4.96. The summed E-state index contributed by atoms with van der Waals surface area (Å²) in [6.07, 6.45) is -1.38. The Kier molecular flexibility index (Phi) is 5.29. The number of halogens is 2. The van der Waals surface area contributed by atoms with Gasteiger partial charge in [0.05, 0.1) is 19.8 Å². The summed E-state index contributed by atoms with van der Waals surface area (Å²) >= 11 is 0. The molecule has 0 aromatic heterocycles. The molecule has 0 radical (unpaired) electrons. The van der Waals surface area contributed by atoms with Crippen molar-refractivity contribution in [3.63, 3.8) is 0 Å². The molecule has 0 bridgehead atoms. The van der Waals surface area contributed by atoms with Gasteiger partial charge in [-0.05, 0) is 20.0 Å². The molecule has 0 saturated carbocycles. The highest BCUT2D eigenvalue weighted by Gasteiger charge is 2.14. The SMILES string of the molecule is CN(CCC1COCCN1)CC(F)F. The minimum Gasteiger partial charge on any atom is -0.379 e. The average Bonchev–Trinajstić information content (AvgIpc) is 2.15. The van der Waals surface area contributed by atoms with Gasteiger partial charge in [0.15, 0.2) is 0 Å². The highest BCUT2D eigenvalue weighted by molar-refractivity contribution is 4.71. The third-order valence-electron chi connectivity index (χ3n) is 2.31. The molecule has 3 nitrogen and oxygen atoms in total. The molecule has 1 unspecified atom stereocenters. The van der Waals surface area contributed by atoms with Crippen molar-refractivity contribution in [3.05, 3.63) is 0 Å². The van der Waals surface area contributed by atoms with Crippen LogP contribution in [-0.4, -0.2) is 57.3 Å². The van der Waals surface area contributed by atoms with E-state index >= 15 is 0 Å². The molecular formula is C9H18F2N2O. The van der Waals surface area contributed by atoms with Crippen molar-refractivity contribution < 1.29 is 13.5 Å². The Balaban J connectivity index is 2.06. The normalized spacial score (nSPS) is 23.4. The lowest BCUT2D eigenvalue weighted by molar-refractivity contribution is 0.0644. The van der Waals surface area contributed by atoms with E-state index in [4.69, 9.17) is 4.74 Å². The zero-order chi connectivity index (χ0) is 10.4. The van der Waals surface area contributed by atoms with E-state index in [1.165, 1.54) is 0 Å². The van der Waals surface area contributed by atoms with Gasteiger partial charge in [-0.15, -0.1) is 0 Å². The monoisotopic (exact) mass is 208 g/mol. The van der Waals surface area contributed by atoms with Crippen LogP contribution in [0.3, 0.4) is 0 Å². The quantitative estimate of drug-likeness (QED) is 0.714. The number of ether oxygens (including phenoxy) is 1. The number of hydrogen-bond donors (Lipinski definition) is 1. The molecule has 1 saturated heterocycles. The summed E-state index contributed by atoms with van der Waals surface area (Å²) in [7, 11) is 1.72. The fourth-order valence-electron chi connectivity index (χ4n) is 1.51. The number of morpholine rings is 1. The standard InChI is InChI=1S/C9H18F2N2O/c1-13(6-9(10)11)4-2-8-7-14-5-3-12-8/h8-9,12H,2-7H2,1H3. The molecule has 5 heteroatoms. The number of hydrogen-bond acceptors (Lipinski definition) is 3. The minimum atomic E-state index is -2.24. The van der Waals surface area contributed by atoms with E-state index in [1.54, 1.807) is 11.9 Å². The summed E-state index contributed by atoms with van der Waals surface area (Å²) < 4.78 is 29.2. The van der Waals surface area contributed by atoms with Gasteiger partial charge in [0, 0.05) is 12.6 Å². The molecule has 0 aliphatic carbocycles. The highest BCUT2D eigenvalue weighted by atomic mass is 19.3. The zero-order valence-electron chi connectivity index (χ0n) is 8.51. The van der Waals surface area contributed by atoms with Crippen molar-refractivity contribution in [2.45, 2.75) is 18.9 Å². The fourth-order valence-corrected chi connectivity index (χ4v) is 1.51. The van der Waals surface area contributed by atoms with Gasteiger partial charge >= 0.3 is 0 Å². The summed E-state index contributed by atoms with van der Waals surface area (Å²) in [4.78, 5) is 1.65. The molecule has 1 aliphatic heterocycles. The zero-order valence-corrected chi connectivity index (χ0v) is 8.51.